The molecule has 0 saturated carbocycles. The third kappa shape index (κ3) is 17.7. The van der Waals surface area contributed by atoms with E-state index in [9.17, 15) is 33.6 Å². The molecule has 0 atom stereocenters. The molecule has 1 saturated heterocycles. The number of nitrogens with zero attached hydrogens (tertiary/aromatic N) is 7. The van der Waals surface area contributed by atoms with Crippen molar-refractivity contribution in [3.63, 3.8) is 0 Å². The first-order valence-corrected chi connectivity index (χ1v) is 26.1. The third-order valence-corrected chi connectivity index (χ3v) is 13.6. The molecule has 6 aromatic heterocycles. The molecule has 1 fully saturated rings. The van der Waals surface area contributed by atoms with Crippen molar-refractivity contribution in [1.29, 1.82) is 0 Å². The van der Waals surface area contributed by atoms with Crippen molar-refractivity contribution in [3.05, 3.63) is 223 Å². The fraction of sp³-hybridized carbons (Fsp3) is 0.193. The Morgan fingerprint density at radius 1 is 0.561 bits per heavy atom. The molecule has 0 spiro atoms. The first-order chi connectivity index (χ1) is 38.0. The molecule has 1 aliphatic heterocycles. The van der Waals surface area contributed by atoms with Gasteiger partial charge in [0.1, 0.15) is 22.6 Å². The number of hydrogen-bond donors (Lipinski definition) is 3. The summed E-state index contributed by atoms with van der Waals surface area (Å²) in [6.07, 6.45) is 13.4. The molecule has 0 aliphatic carbocycles. The molecule has 0 unspecified atom stereocenters. The Morgan fingerprint density at radius 3 is 1.30 bits per heavy atom. The van der Waals surface area contributed by atoms with E-state index in [2.05, 4.69) is 70.3 Å². The van der Waals surface area contributed by atoms with E-state index in [0.717, 1.165) is 35.5 Å². The van der Waals surface area contributed by atoms with Gasteiger partial charge in [-0.1, -0.05) is 112 Å². The maximum Gasteiger partial charge on any atom is 0.255 e. The van der Waals surface area contributed by atoms with Gasteiger partial charge in [-0.05, 0) is 86.5 Å². The molecule has 1 aliphatic rings. The van der Waals surface area contributed by atoms with Crippen molar-refractivity contribution >= 4 is 107 Å². The largest absolute Gasteiger partial charge is 0.387 e. The average Bonchev–Trinajstić information content (AvgIpc) is 3.46. The van der Waals surface area contributed by atoms with Gasteiger partial charge in [0.2, 0.25) is 0 Å². The molecule has 82 heavy (non-hydrogen) atoms. The Morgan fingerprint density at radius 2 is 0.915 bits per heavy atom. The molecular formula is C57H47BrCl3N10O8Y3-3. The van der Waals surface area contributed by atoms with Crippen LogP contribution in [0.1, 0.15) is 63.9 Å². The summed E-state index contributed by atoms with van der Waals surface area (Å²) in [6.45, 7) is 4.53. The van der Waals surface area contributed by atoms with Crippen molar-refractivity contribution in [3.8, 4) is 0 Å². The number of nitrogens with one attached hydrogen (secondary N) is 3. The van der Waals surface area contributed by atoms with E-state index in [1.165, 1.54) is 24.7 Å². The van der Waals surface area contributed by atoms with Gasteiger partial charge in [0, 0.05) is 186 Å². The van der Waals surface area contributed by atoms with Crippen LogP contribution in [0.25, 0.3) is 32.7 Å². The van der Waals surface area contributed by atoms with Gasteiger partial charge < -0.3 is 73.4 Å². The molecule has 18 nitrogen and oxygen atoms in total. The van der Waals surface area contributed by atoms with Crippen molar-refractivity contribution in [2.75, 3.05) is 26.3 Å². The zero-order valence-corrected chi connectivity index (χ0v) is 56.6. The van der Waals surface area contributed by atoms with Crippen LogP contribution in [0.15, 0.2) is 129 Å². The molecule has 3 amide bonds. The maximum absolute atomic E-state index is 13.0. The fourth-order valence-electron chi connectivity index (χ4n) is 8.23. The van der Waals surface area contributed by atoms with Crippen LogP contribution in [0.4, 0.5) is 0 Å². The molecule has 7 heterocycles. The van der Waals surface area contributed by atoms with Gasteiger partial charge in [0.15, 0.2) is 0 Å². The summed E-state index contributed by atoms with van der Waals surface area (Å²) in [7, 11) is 5.19. The van der Waals surface area contributed by atoms with Crippen LogP contribution in [0.5, 0.6) is 0 Å². The molecule has 3 aromatic carbocycles. The summed E-state index contributed by atoms with van der Waals surface area (Å²) in [6, 6.07) is 26.1. The van der Waals surface area contributed by atoms with E-state index in [-0.39, 0.29) is 143 Å². The number of hydrogen-bond acceptors (Lipinski definition) is 12. The monoisotopic (exact) mass is 1450 g/mol. The first-order valence-electron chi connectivity index (χ1n) is 24.2. The van der Waals surface area contributed by atoms with Gasteiger partial charge in [0.25, 0.3) is 17.7 Å². The second-order valence-electron chi connectivity index (χ2n) is 18.0. The van der Waals surface area contributed by atoms with E-state index >= 15 is 0 Å². The number of aryl methyl sites for hydroxylation is 3. The number of pyridine rings is 6. The maximum atomic E-state index is 13.0. The van der Waals surface area contributed by atoms with E-state index in [0.29, 0.717) is 86.1 Å². The molecule has 0 bridgehead atoms. The summed E-state index contributed by atoms with van der Waals surface area (Å²) in [5.74, 6) is -1.35. The molecule has 413 valence electrons. The van der Waals surface area contributed by atoms with Crippen LogP contribution < -0.4 is 32.2 Å². The number of halogens is 4. The molecule has 9 aromatic rings. The number of aldehydes is 1. The van der Waals surface area contributed by atoms with Crippen LogP contribution in [0.2, 0.25) is 15.1 Å². The quantitative estimate of drug-likeness (QED) is 0.0621. The minimum atomic E-state index is -0.498. The summed E-state index contributed by atoms with van der Waals surface area (Å²) >= 11 is 20.8. The van der Waals surface area contributed by atoms with Gasteiger partial charge in [-0.25, -0.2) is 0 Å². The smallest absolute Gasteiger partial charge is 0.255 e. The predicted octanol–water partition coefficient (Wildman–Crippen LogP) is 7.35. The Bertz CT molecular complexity index is 3960. The number of carbonyl (C=O) groups is 4. The summed E-state index contributed by atoms with van der Waals surface area (Å²) in [5.41, 5.74) is 4.03. The standard InChI is InChI=1S/C22H22ClN4O3.C18H13ClN3O3.C17H12BrClN3O2.3Y/c1-26-14-19(22(29)25-11-15-2-4-16(23)5-3-15)21(28)18-10-17(24-12-20(18)26)13-27-6-8-30-9-7-27;1-22-9-15(17(24)14-6-13(10-23)20-8-16(14)22)18(25)21-7-11-2-4-12(19)5-3-11;1-22-9-13(16(23)12-6-15(18)20-8-14(12)22)17(24)21-7-10-2-4-11(19)5-3-10;;;/h2-5,10,14H,6-9,11,13H2,1H3,(H,25,29);2-6,9-10H,7H2,1H3,(H,21,25);2-6,9H,7H2,1H3,(H,21,24);;;/q3*-1;;;. The Balaban J connectivity index is 0.000000223. The van der Waals surface area contributed by atoms with Crippen LogP contribution in [0.3, 0.4) is 0 Å². The number of rotatable bonds is 12. The van der Waals surface area contributed by atoms with Gasteiger partial charge >= 0.3 is 0 Å². The minimum Gasteiger partial charge on any atom is -0.387 e. The SMILES string of the molecule is Cn1cc(C(=O)NCc2ccc(Cl)cc2)c(=O)c2cc(Br)n[c-]c21.Cn1cc(C(=O)NCc2ccc(Cl)cc2)c(=O)c2cc(C=O)n[c-]c21.Cn1cc(C(=O)NCc2ccc(Cl)cc2)c(=O)c2cc(CN3CCOCC3)n[c-]c21.[Y].[Y].[Y]. The average molecular weight is 1450 g/mol. The first kappa shape index (κ1) is 68.2. The zero-order chi connectivity index (χ0) is 56.3. The predicted molar refractivity (Wildman–Crippen MR) is 305 cm³/mol. The van der Waals surface area contributed by atoms with Crippen molar-refractivity contribution < 1.29 is 122 Å². The van der Waals surface area contributed by atoms with Crippen LogP contribution >= 0.6 is 50.7 Å². The number of carbonyl (C=O) groups excluding carboxylic acids is 4. The zero-order valence-electron chi connectivity index (χ0n) is 44.3. The fourth-order valence-corrected chi connectivity index (χ4v) is 8.93. The second kappa shape index (κ2) is 32.1. The number of morpholine rings is 1. The van der Waals surface area contributed by atoms with Gasteiger partial charge in [-0.2, -0.15) is 0 Å². The van der Waals surface area contributed by atoms with Crippen LogP contribution in [-0.2, 0) is 150 Å². The van der Waals surface area contributed by atoms with Crippen molar-refractivity contribution in [2.24, 2.45) is 21.1 Å². The Hall–Kier alpha value is -4.60. The molecule has 25 heteroatoms. The normalized spacial score (nSPS) is 11.8. The van der Waals surface area contributed by atoms with Gasteiger partial charge in [-0.15, -0.1) is 34.1 Å². The van der Waals surface area contributed by atoms with E-state index in [1.54, 1.807) is 95.5 Å². The van der Waals surface area contributed by atoms with Crippen molar-refractivity contribution in [2.45, 2.75) is 26.2 Å². The summed E-state index contributed by atoms with van der Waals surface area (Å²) < 4.78 is 10.8. The topological polar surface area (TPSA) is 222 Å². The van der Waals surface area contributed by atoms with E-state index in [4.69, 9.17) is 39.5 Å². The van der Waals surface area contributed by atoms with E-state index < -0.39 is 23.2 Å². The Labute approximate surface area is 569 Å². The minimum absolute atomic E-state index is 0. The van der Waals surface area contributed by atoms with Crippen molar-refractivity contribution in [1.82, 2.24) is 49.5 Å². The number of amides is 3. The molecular weight excluding hydrogens is 1410 g/mol. The second-order valence-corrected chi connectivity index (χ2v) is 20.1. The number of aromatic nitrogens is 6. The summed E-state index contributed by atoms with van der Waals surface area (Å²) in [5, 5.41) is 11.2. The molecule has 3 N–H and O–H groups in total. The molecule has 3 radical (unpaired) electrons. The number of ether oxygens (including phenoxy) is 1. The Kier molecular flexibility index (Phi) is 26.7. The van der Waals surface area contributed by atoms with E-state index in [1.807, 2.05) is 24.3 Å². The third-order valence-electron chi connectivity index (χ3n) is 12.4. The van der Waals surface area contributed by atoms with Crippen LogP contribution in [0, 0.1) is 18.6 Å². The molecule has 10 rings (SSSR count). The van der Waals surface area contributed by atoms with Crippen LogP contribution in [-0.4, -0.2) is 83.9 Å². The number of benzene rings is 3. The number of fused-ring (bicyclic) bond motifs is 3. The van der Waals surface area contributed by atoms with Gasteiger partial charge in [-0.3, -0.25) is 14.4 Å². The summed E-state index contributed by atoms with van der Waals surface area (Å²) in [4.78, 5) is 101. The van der Waals surface area contributed by atoms with Gasteiger partial charge in [0.05, 0.1) is 29.9 Å².